The van der Waals surface area contributed by atoms with Gasteiger partial charge in [0, 0.05) is 19.2 Å². The Kier molecular flexibility index (Phi) is 4.31. The molecule has 0 bridgehead atoms. The second-order valence-corrected chi connectivity index (χ2v) is 4.58. The summed E-state index contributed by atoms with van der Waals surface area (Å²) in [4.78, 5) is 12.5. The Morgan fingerprint density at radius 1 is 1.21 bits per heavy atom. The molecule has 2 aromatic rings. The molecular weight excluding hydrogens is 238 g/mol. The number of carboxylic acids is 1. The van der Waals surface area contributed by atoms with Crippen LogP contribution in [0.5, 0.6) is 0 Å². The van der Waals surface area contributed by atoms with E-state index >= 15 is 0 Å². The van der Waals surface area contributed by atoms with Crippen LogP contribution in [0.2, 0.25) is 0 Å². The van der Waals surface area contributed by atoms with Crippen molar-refractivity contribution in [3.05, 3.63) is 60.2 Å². The molecule has 0 saturated heterocycles. The minimum atomic E-state index is -0.904. The van der Waals surface area contributed by atoms with E-state index in [1.54, 1.807) is 6.08 Å². The number of hydrogen-bond acceptors (Lipinski definition) is 2. The predicted molar refractivity (Wildman–Crippen MR) is 77.1 cm³/mol. The average molecular weight is 255 g/mol. The summed E-state index contributed by atoms with van der Waals surface area (Å²) in [5, 5.41) is 11.0. The minimum Gasteiger partial charge on any atom is -0.478 e. The van der Waals surface area contributed by atoms with E-state index in [0.717, 1.165) is 6.54 Å². The van der Waals surface area contributed by atoms with Crippen molar-refractivity contribution in [2.75, 3.05) is 13.6 Å². The lowest BCUT2D eigenvalue weighted by Crippen LogP contribution is -2.18. The fraction of sp³-hybridized carbons (Fsp3) is 0.188. The van der Waals surface area contributed by atoms with Crippen LogP contribution >= 0.6 is 0 Å². The molecule has 0 spiro atoms. The smallest absolute Gasteiger partial charge is 0.328 e. The molecular formula is C16H17NO2. The van der Waals surface area contributed by atoms with Crippen LogP contribution in [0.25, 0.3) is 10.8 Å². The van der Waals surface area contributed by atoms with Crippen LogP contribution in [0.4, 0.5) is 0 Å². The summed E-state index contributed by atoms with van der Waals surface area (Å²) >= 11 is 0. The Bertz CT molecular complexity index is 599. The molecule has 0 amide bonds. The number of fused-ring (bicyclic) bond motifs is 1. The van der Waals surface area contributed by atoms with Gasteiger partial charge in [-0.2, -0.15) is 0 Å². The molecule has 0 fully saturated rings. The monoisotopic (exact) mass is 255 g/mol. The van der Waals surface area contributed by atoms with Crippen molar-refractivity contribution >= 4 is 16.7 Å². The number of carbonyl (C=O) groups is 1. The molecule has 0 aliphatic carbocycles. The third-order valence-corrected chi connectivity index (χ3v) is 3.00. The molecule has 2 aromatic carbocycles. The van der Waals surface area contributed by atoms with Crippen LogP contribution in [-0.4, -0.2) is 29.6 Å². The van der Waals surface area contributed by atoms with Gasteiger partial charge in [-0.1, -0.05) is 48.5 Å². The molecule has 1 N–H and O–H groups in total. The van der Waals surface area contributed by atoms with E-state index in [9.17, 15) is 4.79 Å². The molecule has 0 aliphatic rings. The van der Waals surface area contributed by atoms with Crippen LogP contribution in [0.1, 0.15) is 5.56 Å². The Labute approximate surface area is 112 Å². The second-order valence-electron chi connectivity index (χ2n) is 4.58. The van der Waals surface area contributed by atoms with Gasteiger partial charge in [-0.15, -0.1) is 0 Å². The molecule has 0 heterocycles. The van der Waals surface area contributed by atoms with E-state index in [1.165, 1.54) is 22.4 Å². The van der Waals surface area contributed by atoms with E-state index < -0.39 is 5.97 Å². The van der Waals surface area contributed by atoms with Gasteiger partial charge < -0.3 is 5.11 Å². The summed E-state index contributed by atoms with van der Waals surface area (Å²) in [6.45, 7) is 1.42. The summed E-state index contributed by atoms with van der Waals surface area (Å²) in [6, 6.07) is 14.6. The highest BCUT2D eigenvalue weighted by Crippen LogP contribution is 2.19. The normalized spacial score (nSPS) is 11.5. The van der Waals surface area contributed by atoms with Gasteiger partial charge in [0.1, 0.15) is 0 Å². The van der Waals surface area contributed by atoms with Crippen LogP contribution in [0, 0.1) is 0 Å². The molecule has 0 unspecified atom stereocenters. The lowest BCUT2D eigenvalue weighted by atomic mass is 10.0. The fourth-order valence-corrected chi connectivity index (χ4v) is 2.12. The first-order valence-electron chi connectivity index (χ1n) is 6.21. The van der Waals surface area contributed by atoms with Crippen LogP contribution in [0.3, 0.4) is 0 Å². The number of benzene rings is 2. The maximum atomic E-state index is 10.4. The van der Waals surface area contributed by atoms with Crippen molar-refractivity contribution in [1.29, 1.82) is 0 Å². The molecule has 0 radical (unpaired) electrons. The zero-order chi connectivity index (χ0) is 13.7. The lowest BCUT2D eigenvalue weighted by molar-refractivity contribution is -0.131. The van der Waals surface area contributed by atoms with E-state index in [4.69, 9.17) is 5.11 Å². The number of carboxylic acid groups (broad SMARTS) is 1. The van der Waals surface area contributed by atoms with Gasteiger partial charge in [-0.25, -0.2) is 4.79 Å². The number of hydrogen-bond donors (Lipinski definition) is 1. The highest BCUT2D eigenvalue weighted by molar-refractivity contribution is 5.85. The summed E-state index contributed by atoms with van der Waals surface area (Å²) in [7, 11) is 1.98. The number of rotatable bonds is 5. The van der Waals surface area contributed by atoms with Crippen molar-refractivity contribution in [2.45, 2.75) is 6.54 Å². The molecule has 2 rings (SSSR count). The zero-order valence-corrected chi connectivity index (χ0v) is 10.9. The molecule has 3 nitrogen and oxygen atoms in total. The van der Waals surface area contributed by atoms with Crippen LogP contribution in [0.15, 0.2) is 54.6 Å². The molecule has 0 aromatic heterocycles. The quantitative estimate of drug-likeness (QED) is 0.835. The van der Waals surface area contributed by atoms with Crippen molar-refractivity contribution in [1.82, 2.24) is 4.90 Å². The highest BCUT2D eigenvalue weighted by Gasteiger charge is 2.03. The SMILES string of the molecule is CN(C/C=C/C(=O)O)Cc1cccc2ccccc12. The lowest BCUT2D eigenvalue weighted by Gasteiger charge is -2.15. The van der Waals surface area contributed by atoms with Crippen molar-refractivity contribution in [3.8, 4) is 0 Å². The van der Waals surface area contributed by atoms with Gasteiger partial charge in [0.25, 0.3) is 0 Å². The maximum Gasteiger partial charge on any atom is 0.328 e. The fourth-order valence-electron chi connectivity index (χ4n) is 2.12. The van der Waals surface area contributed by atoms with Crippen molar-refractivity contribution < 1.29 is 9.90 Å². The summed E-state index contributed by atoms with van der Waals surface area (Å²) in [5.74, 6) is -0.904. The van der Waals surface area contributed by atoms with Crippen molar-refractivity contribution in [2.24, 2.45) is 0 Å². The Balaban J connectivity index is 2.11. The van der Waals surface area contributed by atoms with Gasteiger partial charge >= 0.3 is 5.97 Å². The second kappa shape index (κ2) is 6.16. The largest absolute Gasteiger partial charge is 0.478 e. The third-order valence-electron chi connectivity index (χ3n) is 3.00. The Hall–Kier alpha value is -2.13. The van der Waals surface area contributed by atoms with Crippen molar-refractivity contribution in [3.63, 3.8) is 0 Å². The van der Waals surface area contributed by atoms with Gasteiger partial charge in [0.05, 0.1) is 0 Å². The van der Waals surface area contributed by atoms with E-state index in [-0.39, 0.29) is 0 Å². The predicted octanol–water partition coefficient (Wildman–Crippen LogP) is 2.91. The van der Waals surface area contributed by atoms with Crippen LogP contribution in [-0.2, 0) is 11.3 Å². The molecule has 0 saturated carbocycles. The number of aliphatic carboxylic acids is 1. The first-order valence-corrected chi connectivity index (χ1v) is 6.21. The first-order chi connectivity index (χ1) is 9.16. The molecule has 0 aliphatic heterocycles. The van der Waals surface area contributed by atoms with Crippen LogP contribution < -0.4 is 0 Å². The van der Waals surface area contributed by atoms with Gasteiger partial charge in [0.15, 0.2) is 0 Å². The Morgan fingerprint density at radius 2 is 1.95 bits per heavy atom. The first kappa shape index (κ1) is 13.3. The zero-order valence-electron chi connectivity index (χ0n) is 10.9. The number of nitrogens with zero attached hydrogens (tertiary/aromatic N) is 1. The van der Waals surface area contributed by atoms with E-state index in [0.29, 0.717) is 6.54 Å². The average Bonchev–Trinajstić information content (AvgIpc) is 2.39. The summed E-state index contributed by atoms with van der Waals surface area (Å²) in [5.41, 5.74) is 1.25. The third kappa shape index (κ3) is 3.66. The molecule has 19 heavy (non-hydrogen) atoms. The highest BCUT2D eigenvalue weighted by atomic mass is 16.4. The molecule has 0 atom stereocenters. The molecule has 3 heteroatoms. The van der Waals surface area contributed by atoms with Gasteiger partial charge in [-0.05, 0) is 23.4 Å². The Morgan fingerprint density at radius 3 is 2.74 bits per heavy atom. The maximum absolute atomic E-state index is 10.4. The minimum absolute atomic E-state index is 0.621. The number of likely N-dealkylation sites (N-methyl/N-ethyl adjacent to an activating group) is 1. The van der Waals surface area contributed by atoms with E-state index in [2.05, 4.69) is 35.2 Å². The van der Waals surface area contributed by atoms with Gasteiger partial charge in [0.2, 0.25) is 0 Å². The molecule has 98 valence electrons. The van der Waals surface area contributed by atoms with Gasteiger partial charge in [-0.3, -0.25) is 4.90 Å². The van der Waals surface area contributed by atoms with E-state index in [1.807, 2.05) is 19.2 Å². The standard InChI is InChI=1S/C16H17NO2/c1-17(11-5-10-16(18)19)12-14-8-4-7-13-6-2-3-9-15(13)14/h2-10H,11-12H2,1H3,(H,18,19)/b10-5+. The summed E-state index contributed by atoms with van der Waals surface area (Å²) in [6.07, 6.45) is 2.84. The summed E-state index contributed by atoms with van der Waals surface area (Å²) < 4.78 is 0. The topological polar surface area (TPSA) is 40.5 Å².